The Hall–Kier alpha value is -2.65. The Bertz CT molecular complexity index is 1010. The van der Waals surface area contributed by atoms with Gasteiger partial charge in [-0.2, -0.15) is 4.98 Å². The summed E-state index contributed by atoms with van der Waals surface area (Å²) < 4.78 is 28.3. The van der Waals surface area contributed by atoms with Crippen LogP contribution in [0, 0.1) is 0 Å². The van der Waals surface area contributed by atoms with Gasteiger partial charge in [-0.05, 0) is 31.0 Å². The molecular weight excluding hydrogens is 330 g/mol. The van der Waals surface area contributed by atoms with Crippen molar-refractivity contribution in [2.24, 2.45) is 5.14 Å². The summed E-state index contributed by atoms with van der Waals surface area (Å²) in [4.78, 5) is 8.83. The molecule has 4 N–H and O–H groups in total. The SMILES string of the molecule is NS(=O)(=O)c1cccc(Nc2nc(NC3CC3)c3occc3n2)c1. The Morgan fingerprint density at radius 3 is 2.79 bits per heavy atom. The molecule has 0 unspecified atom stereocenters. The molecule has 3 aromatic rings. The van der Waals surface area contributed by atoms with Crippen LogP contribution in [0.3, 0.4) is 0 Å². The number of benzene rings is 1. The highest BCUT2D eigenvalue weighted by molar-refractivity contribution is 7.89. The highest BCUT2D eigenvalue weighted by Gasteiger charge is 2.23. The summed E-state index contributed by atoms with van der Waals surface area (Å²) in [6.07, 6.45) is 3.76. The Kier molecular flexibility index (Phi) is 3.39. The minimum Gasteiger partial charge on any atom is -0.459 e. The second-order valence-electron chi connectivity index (χ2n) is 5.65. The molecule has 2 aromatic heterocycles. The molecule has 9 heteroatoms. The van der Waals surface area contributed by atoms with Gasteiger partial charge < -0.3 is 15.1 Å². The number of fused-ring (bicyclic) bond motifs is 1. The smallest absolute Gasteiger partial charge is 0.238 e. The van der Waals surface area contributed by atoms with E-state index < -0.39 is 10.0 Å². The Labute approximate surface area is 138 Å². The van der Waals surface area contributed by atoms with E-state index in [0.29, 0.717) is 34.6 Å². The molecule has 124 valence electrons. The summed E-state index contributed by atoms with van der Waals surface area (Å²) in [5, 5.41) is 11.5. The van der Waals surface area contributed by atoms with Crippen molar-refractivity contribution in [1.29, 1.82) is 0 Å². The van der Waals surface area contributed by atoms with E-state index in [4.69, 9.17) is 9.56 Å². The molecule has 0 radical (unpaired) electrons. The number of furan rings is 1. The molecule has 8 nitrogen and oxygen atoms in total. The van der Waals surface area contributed by atoms with E-state index in [1.165, 1.54) is 12.1 Å². The fourth-order valence-corrected chi connectivity index (χ4v) is 2.88. The number of sulfonamides is 1. The van der Waals surface area contributed by atoms with E-state index in [0.717, 1.165) is 12.8 Å². The van der Waals surface area contributed by atoms with Gasteiger partial charge in [-0.25, -0.2) is 18.5 Å². The van der Waals surface area contributed by atoms with Gasteiger partial charge in [0.1, 0.15) is 5.52 Å². The molecule has 0 bridgehead atoms. The second kappa shape index (κ2) is 5.46. The van der Waals surface area contributed by atoms with Crippen LogP contribution in [0.5, 0.6) is 0 Å². The third kappa shape index (κ3) is 3.03. The van der Waals surface area contributed by atoms with Crippen LogP contribution in [0.4, 0.5) is 17.5 Å². The van der Waals surface area contributed by atoms with Crippen LogP contribution < -0.4 is 15.8 Å². The number of primary sulfonamides is 1. The maximum Gasteiger partial charge on any atom is 0.238 e. The molecule has 0 saturated heterocycles. The van der Waals surface area contributed by atoms with Crippen molar-refractivity contribution in [2.75, 3.05) is 10.6 Å². The summed E-state index contributed by atoms with van der Waals surface area (Å²) in [5.74, 6) is 0.969. The van der Waals surface area contributed by atoms with Gasteiger partial charge in [0.05, 0.1) is 11.2 Å². The first-order valence-electron chi connectivity index (χ1n) is 7.41. The van der Waals surface area contributed by atoms with Crippen molar-refractivity contribution < 1.29 is 12.8 Å². The van der Waals surface area contributed by atoms with Gasteiger partial charge in [0.25, 0.3) is 0 Å². The minimum absolute atomic E-state index is 0.0215. The number of hydrogen-bond acceptors (Lipinski definition) is 7. The zero-order valence-corrected chi connectivity index (χ0v) is 13.4. The molecule has 0 atom stereocenters. The number of nitrogens with two attached hydrogens (primary N) is 1. The van der Waals surface area contributed by atoms with Gasteiger partial charge in [0.2, 0.25) is 16.0 Å². The van der Waals surface area contributed by atoms with Gasteiger partial charge in [-0.1, -0.05) is 6.07 Å². The summed E-state index contributed by atoms with van der Waals surface area (Å²) in [6.45, 7) is 0. The number of nitrogens with one attached hydrogen (secondary N) is 2. The molecule has 4 rings (SSSR count). The summed E-state index contributed by atoms with van der Waals surface area (Å²) >= 11 is 0. The van der Waals surface area contributed by atoms with E-state index in [1.54, 1.807) is 24.5 Å². The molecule has 1 saturated carbocycles. The molecule has 0 spiro atoms. The molecule has 24 heavy (non-hydrogen) atoms. The third-order valence-corrected chi connectivity index (χ3v) is 4.55. The zero-order chi connectivity index (χ0) is 16.7. The van der Waals surface area contributed by atoms with Gasteiger partial charge in [0.15, 0.2) is 11.4 Å². The first-order valence-corrected chi connectivity index (χ1v) is 8.95. The normalized spacial score (nSPS) is 14.7. The first-order chi connectivity index (χ1) is 11.5. The van der Waals surface area contributed by atoms with Crippen LogP contribution in [-0.2, 0) is 10.0 Å². The molecular formula is C15H15N5O3S. The second-order valence-corrected chi connectivity index (χ2v) is 7.21. The van der Waals surface area contributed by atoms with Crippen LogP contribution in [0.25, 0.3) is 11.1 Å². The number of anilines is 3. The predicted molar refractivity (Wildman–Crippen MR) is 89.5 cm³/mol. The van der Waals surface area contributed by atoms with Crippen molar-refractivity contribution in [3.8, 4) is 0 Å². The van der Waals surface area contributed by atoms with Crippen molar-refractivity contribution in [3.63, 3.8) is 0 Å². The molecule has 1 aliphatic rings. The summed E-state index contributed by atoms with van der Waals surface area (Å²) in [7, 11) is -3.77. The van der Waals surface area contributed by atoms with E-state index in [2.05, 4.69) is 20.6 Å². The van der Waals surface area contributed by atoms with Gasteiger partial charge >= 0.3 is 0 Å². The van der Waals surface area contributed by atoms with Crippen LogP contribution in [0.1, 0.15) is 12.8 Å². The van der Waals surface area contributed by atoms with Crippen LogP contribution in [-0.4, -0.2) is 24.4 Å². The molecule has 0 aliphatic heterocycles. The average Bonchev–Trinajstić information content (AvgIpc) is 3.21. The van der Waals surface area contributed by atoms with E-state index >= 15 is 0 Å². The topological polar surface area (TPSA) is 123 Å². The molecule has 1 fully saturated rings. The van der Waals surface area contributed by atoms with Crippen molar-refractivity contribution in [3.05, 3.63) is 36.6 Å². The lowest BCUT2D eigenvalue weighted by molar-refractivity contribution is 0.598. The standard InChI is InChI=1S/C15H15N5O3S/c16-24(21,22)11-3-1-2-10(8-11)18-15-19-12-6-7-23-13(12)14(20-15)17-9-4-5-9/h1-3,6-9H,4-5H2,(H2,16,21,22)(H2,17,18,19,20). The largest absolute Gasteiger partial charge is 0.459 e. The number of nitrogens with zero attached hydrogens (tertiary/aromatic N) is 2. The maximum absolute atomic E-state index is 11.5. The van der Waals surface area contributed by atoms with Crippen molar-refractivity contribution in [1.82, 2.24) is 9.97 Å². The highest BCUT2D eigenvalue weighted by Crippen LogP contribution is 2.30. The monoisotopic (exact) mass is 345 g/mol. The Balaban J connectivity index is 1.69. The van der Waals surface area contributed by atoms with Crippen LogP contribution in [0.2, 0.25) is 0 Å². The van der Waals surface area contributed by atoms with Crippen molar-refractivity contribution >= 4 is 38.6 Å². The van der Waals surface area contributed by atoms with E-state index in [-0.39, 0.29) is 4.90 Å². The van der Waals surface area contributed by atoms with E-state index in [9.17, 15) is 8.42 Å². The minimum atomic E-state index is -3.77. The van der Waals surface area contributed by atoms with E-state index in [1.807, 2.05) is 0 Å². The maximum atomic E-state index is 11.5. The lowest BCUT2D eigenvalue weighted by Crippen LogP contribution is -2.12. The Morgan fingerprint density at radius 1 is 1.21 bits per heavy atom. The molecule has 1 aliphatic carbocycles. The Morgan fingerprint density at radius 2 is 2.04 bits per heavy atom. The predicted octanol–water partition coefficient (Wildman–Crippen LogP) is 2.19. The molecule has 2 heterocycles. The van der Waals surface area contributed by atoms with Gasteiger partial charge in [-0.15, -0.1) is 0 Å². The number of rotatable bonds is 5. The highest BCUT2D eigenvalue weighted by atomic mass is 32.2. The fraction of sp³-hybridized carbons (Fsp3) is 0.200. The lowest BCUT2D eigenvalue weighted by atomic mass is 10.3. The summed E-state index contributed by atoms with van der Waals surface area (Å²) in [6, 6.07) is 8.34. The van der Waals surface area contributed by atoms with Gasteiger partial charge in [-0.3, -0.25) is 0 Å². The fourth-order valence-electron chi connectivity index (χ4n) is 2.32. The lowest BCUT2D eigenvalue weighted by Gasteiger charge is -2.09. The van der Waals surface area contributed by atoms with Crippen LogP contribution >= 0.6 is 0 Å². The average molecular weight is 345 g/mol. The summed E-state index contributed by atoms with van der Waals surface area (Å²) in [5.41, 5.74) is 1.80. The van der Waals surface area contributed by atoms with Crippen molar-refractivity contribution in [2.45, 2.75) is 23.8 Å². The number of aromatic nitrogens is 2. The number of hydrogen-bond donors (Lipinski definition) is 3. The third-order valence-electron chi connectivity index (χ3n) is 3.64. The zero-order valence-electron chi connectivity index (χ0n) is 12.6. The quantitative estimate of drug-likeness (QED) is 0.647. The first kappa shape index (κ1) is 14.9. The van der Waals surface area contributed by atoms with Gasteiger partial charge in [0, 0.05) is 17.8 Å². The molecule has 0 amide bonds. The molecule has 1 aromatic carbocycles. The van der Waals surface area contributed by atoms with Crippen LogP contribution in [0.15, 0.2) is 45.9 Å².